The van der Waals surface area contributed by atoms with Gasteiger partial charge in [0, 0.05) is 19.8 Å². The van der Waals surface area contributed by atoms with E-state index in [1.807, 2.05) is 7.05 Å². The molecule has 4 nitrogen and oxygen atoms in total. The summed E-state index contributed by atoms with van der Waals surface area (Å²) in [6, 6.07) is 1.71. The second-order valence-corrected chi connectivity index (χ2v) is 5.32. The third-order valence-corrected chi connectivity index (χ3v) is 3.81. The Kier molecular flexibility index (Phi) is 4.28. The van der Waals surface area contributed by atoms with Crippen LogP contribution in [0.2, 0.25) is 0 Å². The summed E-state index contributed by atoms with van der Waals surface area (Å²) >= 11 is 0. The normalized spacial score (nSPS) is 16.1. The standard InChI is InChI=1S/C14H23N3O/c1-17-10-12(15)9-13(17)14(18)16-8-4-7-11-5-2-3-6-11/h9-11H,2-8,15H2,1H3,(H,16,18). The zero-order valence-corrected chi connectivity index (χ0v) is 11.1. The van der Waals surface area contributed by atoms with Crippen molar-refractivity contribution in [3.8, 4) is 0 Å². The van der Waals surface area contributed by atoms with Crippen molar-refractivity contribution >= 4 is 11.6 Å². The Morgan fingerprint density at radius 2 is 2.22 bits per heavy atom. The summed E-state index contributed by atoms with van der Waals surface area (Å²) in [4.78, 5) is 11.9. The summed E-state index contributed by atoms with van der Waals surface area (Å²) < 4.78 is 1.77. The van der Waals surface area contributed by atoms with E-state index in [1.165, 1.54) is 32.1 Å². The van der Waals surface area contributed by atoms with E-state index in [9.17, 15) is 4.79 Å². The van der Waals surface area contributed by atoms with Crippen LogP contribution in [0.3, 0.4) is 0 Å². The van der Waals surface area contributed by atoms with E-state index in [0.29, 0.717) is 11.4 Å². The van der Waals surface area contributed by atoms with Crippen LogP contribution in [0, 0.1) is 5.92 Å². The molecule has 1 fully saturated rings. The van der Waals surface area contributed by atoms with Gasteiger partial charge in [-0.25, -0.2) is 0 Å². The lowest BCUT2D eigenvalue weighted by Gasteiger charge is -2.09. The van der Waals surface area contributed by atoms with Crippen molar-refractivity contribution in [3.63, 3.8) is 0 Å². The molecule has 1 heterocycles. The molecular formula is C14H23N3O. The van der Waals surface area contributed by atoms with Crippen LogP contribution >= 0.6 is 0 Å². The van der Waals surface area contributed by atoms with Gasteiger partial charge in [-0.1, -0.05) is 25.7 Å². The maximum absolute atomic E-state index is 11.9. The average Bonchev–Trinajstić information content (AvgIpc) is 2.94. The van der Waals surface area contributed by atoms with E-state index in [1.54, 1.807) is 16.8 Å². The topological polar surface area (TPSA) is 60.0 Å². The van der Waals surface area contributed by atoms with Gasteiger partial charge in [0.2, 0.25) is 0 Å². The van der Waals surface area contributed by atoms with Crippen LogP contribution in [0.4, 0.5) is 5.69 Å². The van der Waals surface area contributed by atoms with Crippen molar-refractivity contribution in [3.05, 3.63) is 18.0 Å². The van der Waals surface area contributed by atoms with Crippen LogP contribution in [-0.4, -0.2) is 17.0 Å². The lowest BCUT2D eigenvalue weighted by molar-refractivity contribution is 0.0944. The Morgan fingerprint density at radius 1 is 1.50 bits per heavy atom. The Hall–Kier alpha value is -1.45. The van der Waals surface area contributed by atoms with Crippen LogP contribution < -0.4 is 11.1 Å². The average molecular weight is 249 g/mol. The number of nitrogens with two attached hydrogens (primary N) is 1. The highest BCUT2D eigenvalue weighted by Gasteiger charge is 2.15. The van der Waals surface area contributed by atoms with Gasteiger partial charge in [-0.15, -0.1) is 0 Å². The van der Waals surface area contributed by atoms with Gasteiger partial charge in [-0.2, -0.15) is 0 Å². The first kappa shape index (κ1) is 13.0. The fourth-order valence-corrected chi connectivity index (χ4v) is 2.80. The Labute approximate surface area is 109 Å². The third kappa shape index (κ3) is 3.28. The number of hydrogen-bond acceptors (Lipinski definition) is 2. The quantitative estimate of drug-likeness (QED) is 0.787. The molecule has 4 heteroatoms. The minimum atomic E-state index is -0.0272. The summed E-state index contributed by atoms with van der Waals surface area (Å²) in [7, 11) is 1.84. The lowest BCUT2D eigenvalue weighted by Crippen LogP contribution is -2.26. The monoisotopic (exact) mass is 249 g/mol. The zero-order valence-electron chi connectivity index (χ0n) is 11.1. The molecule has 3 N–H and O–H groups in total. The molecule has 0 aromatic carbocycles. The van der Waals surface area contributed by atoms with Gasteiger partial charge in [0.25, 0.3) is 5.91 Å². The number of nitrogens with one attached hydrogen (secondary N) is 1. The number of nitrogens with zero attached hydrogens (tertiary/aromatic N) is 1. The molecule has 0 unspecified atom stereocenters. The summed E-state index contributed by atoms with van der Waals surface area (Å²) in [6.45, 7) is 0.764. The molecule has 1 aliphatic carbocycles. The highest BCUT2D eigenvalue weighted by Crippen LogP contribution is 2.28. The second-order valence-electron chi connectivity index (χ2n) is 5.32. The number of hydrogen-bond donors (Lipinski definition) is 2. The van der Waals surface area contributed by atoms with Gasteiger partial charge in [0.1, 0.15) is 5.69 Å². The van der Waals surface area contributed by atoms with Crippen molar-refractivity contribution in [2.24, 2.45) is 13.0 Å². The van der Waals surface area contributed by atoms with Crippen molar-refractivity contribution in [2.75, 3.05) is 12.3 Å². The largest absolute Gasteiger partial charge is 0.397 e. The molecule has 100 valence electrons. The van der Waals surface area contributed by atoms with E-state index in [0.717, 1.165) is 18.9 Å². The molecule has 0 radical (unpaired) electrons. The van der Waals surface area contributed by atoms with Crippen molar-refractivity contribution in [1.29, 1.82) is 0 Å². The van der Waals surface area contributed by atoms with Crippen molar-refractivity contribution in [2.45, 2.75) is 38.5 Å². The Bertz CT molecular complexity index is 405. The molecule has 0 atom stereocenters. The number of nitrogen functional groups attached to an aromatic ring is 1. The first-order valence-electron chi connectivity index (χ1n) is 6.87. The third-order valence-electron chi connectivity index (χ3n) is 3.81. The first-order valence-corrected chi connectivity index (χ1v) is 6.87. The second kappa shape index (κ2) is 5.94. The van der Waals surface area contributed by atoms with E-state index < -0.39 is 0 Å². The smallest absolute Gasteiger partial charge is 0.267 e. The molecule has 1 saturated carbocycles. The predicted octanol–water partition coefficient (Wildman–Crippen LogP) is 2.31. The van der Waals surface area contributed by atoms with E-state index in [-0.39, 0.29) is 5.91 Å². The van der Waals surface area contributed by atoms with Crippen LogP contribution in [0.15, 0.2) is 12.3 Å². The number of amides is 1. The predicted molar refractivity (Wildman–Crippen MR) is 73.4 cm³/mol. The zero-order chi connectivity index (χ0) is 13.0. The fourth-order valence-electron chi connectivity index (χ4n) is 2.80. The Balaban J connectivity index is 1.70. The molecular weight excluding hydrogens is 226 g/mol. The first-order chi connectivity index (χ1) is 8.66. The van der Waals surface area contributed by atoms with E-state index >= 15 is 0 Å². The highest BCUT2D eigenvalue weighted by atomic mass is 16.1. The van der Waals surface area contributed by atoms with Crippen LogP contribution in [0.1, 0.15) is 49.0 Å². The maximum atomic E-state index is 11.9. The minimum Gasteiger partial charge on any atom is -0.397 e. The lowest BCUT2D eigenvalue weighted by atomic mass is 10.0. The van der Waals surface area contributed by atoms with Gasteiger partial charge in [-0.3, -0.25) is 4.79 Å². The number of carbonyl (C=O) groups excluding carboxylic acids is 1. The molecule has 18 heavy (non-hydrogen) atoms. The fraction of sp³-hybridized carbons (Fsp3) is 0.643. The summed E-state index contributed by atoms with van der Waals surface area (Å²) in [5.74, 6) is 0.869. The van der Waals surface area contributed by atoms with Crippen LogP contribution in [-0.2, 0) is 7.05 Å². The number of aromatic nitrogens is 1. The molecule has 1 aromatic rings. The van der Waals surface area contributed by atoms with Crippen LogP contribution in [0.5, 0.6) is 0 Å². The van der Waals surface area contributed by atoms with Gasteiger partial charge in [0.05, 0.1) is 5.69 Å². The van der Waals surface area contributed by atoms with Gasteiger partial charge < -0.3 is 15.6 Å². The van der Waals surface area contributed by atoms with Gasteiger partial charge in [-0.05, 0) is 24.8 Å². The molecule has 2 rings (SSSR count). The van der Waals surface area contributed by atoms with Gasteiger partial charge >= 0.3 is 0 Å². The molecule has 0 bridgehead atoms. The molecule has 0 spiro atoms. The molecule has 0 aliphatic heterocycles. The summed E-state index contributed by atoms with van der Waals surface area (Å²) in [5, 5.41) is 2.96. The molecule has 1 aromatic heterocycles. The maximum Gasteiger partial charge on any atom is 0.267 e. The Morgan fingerprint density at radius 3 is 2.83 bits per heavy atom. The van der Waals surface area contributed by atoms with E-state index in [2.05, 4.69) is 5.32 Å². The summed E-state index contributed by atoms with van der Waals surface area (Å²) in [5.41, 5.74) is 6.92. The molecule has 1 amide bonds. The highest BCUT2D eigenvalue weighted by molar-refractivity contribution is 5.93. The number of carbonyl (C=O) groups is 1. The van der Waals surface area contributed by atoms with Crippen molar-refractivity contribution in [1.82, 2.24) is 9.88 Å². The molecule has 0 saturated heterocycles. The van der Waals surface area contributed by atoms with Crippen LogP contribution in [0.25, 0.3) is 0 Å². The van der Waals surface area contributed by atoms with Crippen molar-refractivity contribution < 1.29 is 4.79 Å². The number of rotatable bonds is 5. The minimum absolute atomic E-state index is 0.0272. The number of aryl methyl sites for hydroxylation is 1. The molecule has 1 aliphatic rings. The number of anilines is 1. The van der Waals surface area contributed by atoms with Gasteiger partial charge in [0.15, 0.2) is 0 Å². The SMILES string of the molecule is Cn1cc(N)cc1C(=O)NCCCC1CCCC1. The summed E-state index contributed by atoms with van der Waals surface area (Å²) in [6.07, 6.45) is 9.61. The van der Waals surface area contributed by atoms with E-state index in [4.69, 9.17) is 5.73 Å².